The van der Waals surface area contributed by atoms with Gasteiger partial charge in [-0.3, -0.25) is 0 Å². The van der Waals surface area contributed by atoms with Crippen molar-refractivity contribution in [2.24, 2.45) is 0 Å². The molecule has 146 valence electrons. The van der Waals surface area contributed by atoms with Gasteiger partial charge in [0.2, 0.25) is 0 Å². The molecule has 4 rings (SSSR count). The molecule has 2 aromatic carbocycles. The average Bonchev–Trinajstić information content (AvgIpc) is 3.18. The first-order valence-corrected chi connectivity index (χ1v) is 11.2. The molecule has 6 heteroatoms. The number of carbonyl (C=O) groups is 1. The van der Waals surface area contributed by atoms with Gasteiger partial charge in [0.25, 0.3) is 0 Å². The van der Waals surface area contributed by atoms with Crippen molar-refractivity contribution < 1.29 is 9.53 Å². The van der Waals surface area contributed by atoms with Crippen molar-refractivity contribution >= 4 is 39.3 Å². The van der Waals surface area contributed by atoms with Gasteiger partial charge >= 0.3 is 5.97 Å². The van der Waals surface area contributed by atoms with Gasteiger partial charge in [-0.2, -0.15) is 0 Å². The highest BCUT2D eigenvalue weighted by Gasteiger charge is 2.14. The summed E-state index contributed by atoms with van der Waals surface area (Å²) in [6.07, 6.45) is 1.63. The third kappa shape index (κ3) is 4.33. The van der Waals surface area contributed by atoms with Crippen LogP contribution in [0.15, 0.2) is 65.3 Å². The number of aromatic nitrogens is 2. The SMILES string of the molecule is CCOC(=O)c1ccc(CSc2ncnc3scc(-c4ccc(C)cc4)c23)cc1. The molecule has 29 heavy (non-hydrogen) atoms. The van der Waals surface area contributed by atoms with E-state index in [1.54, 1.807) is 36.3 Å². The first kappa shape index (κ1) is 19.6. The predicted molar refractivity (Wildman–Crippen MR) is 120 cm³/mol. The van der Waals surface area contributed by atoms with Gasteiger partial charge < -0.3 is 4.74 Å². The fourth-order valence-electron chi connectivity index (χ4n) is 3.01. The van der Waals surface area contributed by atoms with Gasteiger partial charge in [-0.25, -0.2) is 14.8 Å². The summed E-state index contributed by atoms with van der Waals surface area (Å²) in [6.45, 7) is 4.28. The predicted octanol–water partition coefficient (Wildman–Crippen LogP) is 6.14. The molecule has 0 N–H and O–H groups in total. The highest BCUT2D eigenvalue weighted by molar-refractivity contribution is 7.98. The third-order valence-electron chi connectivity index (χ3n) is 4.54. The van der Waals surface area contributed by atoms with E-state index in [2.05, 4.69) is 46.5 Å². The van der Waals surface area contributed by atoms with Gasteiger partial charge in [0.05, 0.1) is 17.6 Å². The lowest BCUT2D eigenvalue weighted by atomic mass is 10.1. The lowest BCUT2D eigenvalue weighted by Crippen LogP contribution is -2.04. The van der Waals surface area contributed by atoms with E-state index in [-0.39, 0.29) is 5.97 Å². The van der Waals surface area contributed by atoms with E-state index in [1.165, 1.54) is 16.7 Å². The Morgan fingerprint density at radius 1 is 1.07 bits per heavy atom. The van der Waals surface area contributed by atoms with Crippen LogP contribution in [0, 0.1) is 6.92 Å². The molecule has 0 unspecified atom stereocenters. The molecule has 0 spiro atoms. The number of esters is 1. The Morgan fingerprint density at radius 3 is 2.55 bits per heavy atom. The maximum absolute atomic E-state index is 11.8. The topological polar surface area (TPSA) is 52.1 Å². The molecular weight excluding hydrogens is 400 g/mol. The largest absolute Gasteiger partial charge is 0.462 e. The molecule has 0 atom stereocenters. The number of fused-ring (bicyclic) bond motifs is 1. The molecule has 4 nitrogen and oxygen atoms in total. The van der Waals surface area contributed by atoms with Gasteiger partial charge in [0.15, 0.2) is 0 Å². The molecule has 4 aromatic rings. The monoisotopic (exact) mass is 420 g/mol. The van der Waals surface area contributed by atoms with Crippen LogP contribution in [0.2, 0.25) is 0 Å². The minimum Gasteiger partial charge on any atom is -0.462 e. The number of thioether (sulfide) groups is 1. The van der Waals surface area contributed by atoms with Crippen LogP contribution in [0.3, 0.4) is 0 Å². The van der Waals surface area contributed by atoms with Crippen LogP contribution in [0.1, 0.15) is 28.4 Å². The molecule has 0 radical (unpaired) electrons. The van der Waals surface area contributed by atoms with E-state index in [4.69, 9.17) is 4.74 Å². The van der Waals surface area contributed by atoms with Crippen molar-refractivity contribution in [3.8, 4) is 11.1 Å². The second kappa shape index (κ2) is 8.76. The molecule has 0 amide bonds. The van der Waals surface area contributed by atoms with Crippen LogP contribution < -0.4 is 0 Å². The lowest BCUT2D eigenvalue weighted by molar-refractivity contribution is 0.0526. The Morgan fingerprint density at radius 2 is 1.83 bits per heavy atom. The van der Waals surface area contributed by atoms with Crippen molar-refractivity contribution in [3.05, 3.63) is 76.9 Å². The van der Waals surface area contributed by atoms with Crippen LogP contribution in [0.4, 0.5) is 0 Å². The van der Waals surface area contributed by atoms with Crippen molar-refractivity contribution in [3.63, 3.8) is 0 Å². The van der Waals surface area contributed by atoms with E-state index >= 15 is 0 Å². The second-order valence-electron chi connectivity index (χ2n) is 6.58. The summed E-state index contributed by atoms with van der Waals surface area (Å²) in [6, 6.07) is 16.1. The zero-order valence-electron chi connectivity index (χ0n) is 16.2. The first-order chi connectivity index (χ1) is 14.2. The molecule has 0 aliphatic carbocycles. The number of aryl methyl sites for hydroxylation is 1. The zero-order valence-corrected chi connectivity index (χ0v) is 17.8. The van der Waals surface area contributed by atoms with Crippen molar-refractivity contribution in [1.82, 2.24) is 9.97 Å². The van der Waals surface area contributed by atoms with E-state index in [0.29, 0.717) is 12.2 Å². The maximum Gasteiger partial charge on any atom is 0.338 e. The molecule has 2 heterocycles. The van der Waals surface area contributed by atoms with E-state index < -0.39 is 0 Å². The van der Waals surface area contributed by atoms with Crippen LogP contribution >= 0.6 is 23.1 Å². The number of thiophene rings is 1. The van der Waals surface area contributed by atoms with Crippen LogP contribution in [-0.4, -0.2) is 22.5 Å². The Bertz CT molecular complexity index is 1140. The number of ether oxygens (including phenoxy) is 1. The van der Waals surface area contributed by atoms with E-state index in [0.717, 1.165) is 26.6 Å². The summed E-state index contributed by atoms with van der Waals surface area (Å²) in [5.41, 5.74) is 5.29. The molecule has 2 aromatic heterocycles. The molecule has 0 bridgehead atoms. The van der Waals surface area contributed by atoms with Crippen LogP contribution in [0.25, 0.3) is 21.3 Å². The lowest BCUT2D eigenvalue weighted by Gasteiger charge is -2.07. The zero-order chi connectivity index (χ0) is 20.2. The minimum atomic E-state index is -0.287. The molecule has 0 fully saturated rings. The van der Waals surface area contributed by atoms with Gasteiger partial charge in [-0.1, -0.05) is 42.0 Å². The number of benzene rings is 2. The average molecular weight is 421 g/mol. The fourth-order valence-corrected chi connectivity index (χ4v) is 4.95. The minimum absolute atomic E-state index is 0.287. The molecule has 0 saturated carbocycles. The standard InChI is InChI=1S/C23H20N2O2S2/c1-3-27-23(26)18-10-6-16(7-11-18)12-28-21-20-19(13-29-22(20)25-14-24-21)17-8-4-15(2)5-9-17/h4-11,13-14H,3,12H2,1-2H3. The third-order valence-corrected chi connectivity index (χ3v) is 6.49. The Hall–Kier alpha value is -2.70. The number of rotatable bonds is 6. The molecular formula is C23H20N2O2S2. The highest BCUT2D eigenvalue weighted by atomic mass is 32.2. The molecule has 0 saturated heterocycles. The summed E-state index contributed by atoms with van der Waals surface area (Å²) in [5.74, 6) is 0.475. The Labute approximate surface area is 178 Å². The molecule has 0 aliphatic rings. The normalized spacial score (nSPS) is 11.0. The molecule has 0 aliphatic heterocycles. The van der Waals surface area contributed by atoms with Crippen molar-refractivity contribution in [2.75, 3.05) is 6.61 Å². The quantitative estimate of drug-likeness (QED) is 0.213. The second-order valence-corrected chi connectivity index (χ2v) is 8.40. The van der Waals surface area contributed by atoms with Crippen molar-refractivity contribution in [2.45, 2.75) is 24.6 Å². The first-order valence-electron chi connectivity index (χ1n) is 9.34. The van der Waals surface area contributed by atoms with Gasteiger partial charge in [0, 0.05) is 16.7 Å². The highest BCUT2D eigenvalue weighted by Crippen LogP contribution is 2.38. The fraction of sp³-hybridized carbons (Fsp3) is 0.174. The summed E-state index contributed by atoms with van der Waals surface area (Å²) in [4.78, 5) is 21.8. The summed E-state index contributed by atoms with van der Waals surface area (Å²) >= 11 is 3.33. The maximum atomic E-state index is 11.8. The summed E-state index contributed by atoms with van der Waals surface area (Å²) < 4.78 is 5.04. The smallest absolute Gasteiger partial charge is 0.338 e. The van der Waals surface area contributed by atoms with Gasteiger partial charge in [-0.05, 0) is 37.1 Å². The number of carbonyl (C=O) groups excluding carboxylic acids is 1. The van der Waals surface area contributed by atoms with Crippen LogP contribution in [-0.2, 0) is 10.5 Å². The number of hydrogen-bond acceptors (Lipinski definition) is 6. The van der Waals surface area contributed by atoms with E-state index in [9.17, 15) is 4.79 Å². The van der Waals surface area contributed by atoms with E-state index in [1.807, 2.05) is 24.3 Å². The summed E-state index contributed by atoms with van der Waals surface area (Å²) in [5, 5.41) is 4.23. The van der Waals surface area contributed by atoms with Crippen molar-refractivity contribution in [1.29, 1.82) is 0 Å². The summed E-state index contributed by atoms with van der Waals surface area (Å²) in [7, 11) is 0. The number of nitrogens with zero attached hydrogens (tertiary/aromatic N) is 2. The Balaban J connectivity index is 1.58. The van der Waals surface area contributed by atoms with Crippen LogP contribution in [0.5, 0.6) is 0 Å². The van der Waals surface area contributed by atoms with Gasteiger partial charge in [-0.15, -0.1) is 23.1 Å². The van der Waals surface area contributed by atoms with Gasteiger partial charge in [0.1, 0.15) is 16.2 Å². The number of hydrogen-bond donors (Lipinski definition) is 0. The Kier molecular flexibility index (Phi) is 5.92.